The summed E-state index contributed by atoms with van der Waals surface area (Å²) in [6.45, 7) is 4.52. The van der Waals surface area contributed by atoms with Gasteiger partial charge in [0.2, 0.25) is 5.89 Å². The van der Waals surface area contributed by atoms with Gasteiger partial charge in [-0.2, -0.15) is 0 Å². The number of carbonyl (C=O) groups is 1. The van der Waals surface area contributed by atoms with E-state index in [0.29, 0.717) is 23.8 Å². The van der Waals surface area contributed by atoms with Gasteiger partial charge in [0, 0.05) is 16.8 Å². The molecule has 5 aromatic rings. The van der Waals surface area contributed by atoms with Crippen LogP contribution in [0, 0.1) is 13.8 Å². The maximum Gasteiger partial charge on any atom is 0.257 e. The summed E-state index contributed by atoms with van der Waals surface area (Å²) < 4.78 is 11.8. The van der Waals surface area contributed by atoms with E-state index in [4.69, 9.17) is 21.4 Å². The van der Waals surface area contributed by atoms with Crippen molar-refractivity contribution >= 4 is 40.0 Å². The molecule has 4 aromatic carbocycles. The van der Waals surface area contributed by atoms with Crippen molar-refractivity contribution in [3.05, 3.63) is 113 Å². The molecule has 0 aliphatic rings. The average molecular weight is 508 g/mol. The number of aromatic nitrogens is 1. The first-order chi connectivity index (χ1) is 17.9. The van der Waals surface area contributed by atoms with Crippen molar-refractivity contribution in [1.29, 1.82) is 0 Å². The van der Waals surface area contributed by atoms with Gasteiger partial charge in [-0.05, 0) is 97.4 Å². The van der Waals surface area contributed by atoms with Gasteiger partial charge in [-0.25, -0.2) is 4.98 Å². The minimum Gasteiger partial charge on any atom is -0.489 e. The highest BCUT2D eigenvalue weighted by molar-refractivity contribution is 7.80. The molecule has 0 aliphatic heterocycles. The Labute approximate surface area is 220 Å². The zero-order valence-electron chi connectivity index (χ0n) is 20.4. The summed E-state index contributed by atoms with van der Waals surface area (Å²) in [7, 11) is 0. The van der Waals surface area contributed by atoms with Gasteiger partial charge in [-0.3, -0.25) is 10.1 Å². The summed E-state index contributed by atoms with van der Waals surface area (Å²) in [5, 5.41) is 5.95. The first-order valence-electron chi connectivity index (χ1n) is 11.8. The fourth-order valence-corrected chi connectivity index (χ4v) is 4.19. The van der Waals surface area contributed by atoms with Crippen molar-refractivity contribution in [3.8, 4) is 17.2 Å². The molecule has 0 bridgehead atoms. The molecule has 0 saturated carbocycles. The Morgan fingerprint density at radius 1 is 0.946 bits per heavy atom. The first-order valence-corrected chi connectivity index (χ1v) is 12.2. The number of amides is 1. The predicted octanol–water partition coefficient (Wildman–Crippen LogP) is 6.82. The van der Waals surface area contributed by atoms with Gasteiger partial charge in [0.05, 0.1) is 0 Å². The Morgan fingerprint density at radius 2 is 1.68 bits per heavy atom. The van der Waals surface area contributed by atoms with E-state index in [1.165, 1.54) is 0 Å². The average Bonchev–Trinajstić information content (AvgIpc) is 3.33. The van der Waals surface area contributed by atoms with Crippen molar-refractivity contribution in [2.75, 3.05) is 5.32 Å². The molecular weight excluding hydrogens is 482 g/mol. The Kier molecular flexibility index (Phi) is 6.96. The summed E-state index contributed by atoms with van der Waals surface area (Å²) in [6, 6.07) is 28.4. The van der Waals surface area contributed by atoms with Crippen LogP contribution in [0.1, 0.15) is 27.0 Å². The number of rotatable bonds is 6. The van der Waals surface area contributed by atoms with E-state index in [1.807, 2.05) is 74.5 Å². The molecule has 2 N–H and O–H groups in total. The topological polar surface area (TPSA) is 76.4 Å². The summed E-state index contributed by atoms with van der Waals surface area (Å²) in [6.07, 6.45) is 0. The number of ether oxygens (including phenoxy) is 1. The van der Waals surface area contributed by atoms with Crippen molar-refractivity contribution < 1.29 is 13.9 Å². The third-order valence-corrected chi connectivity index (χ3v) is 6.01. The highest BCUT2D eigenvalue weighted by atomic mass is 32.1. The number of benzene rings is 4. The second kappa shape index (κ2) is 10.6. The smallest absolute Gasteiger partial charge is 0.257 e. The second-order valence-electron chi connectivity index (χ2n) is 8.73. The largest absolute Gasteiger partial charge is 0.489 e. The Morgan fingerprint density at radius 3 is 2.41 bits per heavy atom. The molecule has 37 heavy (non-hydrogen) atoms. The van der Waals surface area contributed by atoms with Crippen LogP contribution in [-0.4, -0.2) is 16.0 Å². The zero-order chi connectivity index (χ0) is 25.8. The SMILES string of the molecule is Cc1cc(C)c2oc(-c3ccc(NC(=S)NC(=O)c4ccc(OCc5ccccc5)cc4)cc3)nc2c1. The van der Waals surface area contributed by atoms with E-state index in [-0.39, 0.29) is 11.0 Å². The molecule has 1 amide bonds. The zero-order valence-corrected chi connectivity index (χ0v) is 21.3. The number of thiocarbonyl (C=S) groups is 1. The Hall–Kier alpha value is -4.49. The molecule has 1 heterocycles. The van der Waals surface area contributed by atoms with Crippen LogP contribution in [0.3, 0.4) is 0 Å². The number of anilines is 1. The maximum absolute atomic E-state index is 12.6. The lowest BCUT2D eigenvalue weighted by molar-refractivity contribution is 0.0977. The molecule has 184 valence electrons. The van der Waals surface area contributed by atoms with Crippen LogP contribution in [0.15, 0.2) is 95.4 Å². The molecule has 0 unspecified atom stereocenters. The van der Waals surface area contributed by atoms with Crippen LogP contribution in [0.5, 0.6) is 5.75 Å². The molecule has 1 aromatic heterocycles. The fraction of sp³-hybridized carbons (Fsp3) is 0.100. The molecule has 0 atom stereocenters. The van der Waals surface area contributed by atoms with Gasteiger partial charge < -0.3 is 14.5 Å². The lowest BCUT2D eigenvalue weighted by Gasteiger charge is -2.11. The number of nitrogens with one attached hydrogen (secondary N) is 2. The van der Waals surface area contributed by atoms with Crippen molar-refractivity contribution in [1.82, 2.24) is 10.3 Å². The molecular formula is C30H25N3O3S. The maximum atomic E-state index is 12.6. The highest BCUT2D eigenvalue weighted by Crippen LogP contribution is 2.28. The monoisotopic (exact) mass is 507 g/mol. The number of hydrogen-bond donors (Lipinski definition) is 2. The van der Waals surface area contributed by atoms with Crippen molar-refractivity contribution in [2.45, 2.75) is 20.5 Å². The molecule has 7 heteroatoms. The van der Waals surface area contributed by atoms with Crippen LogP contribution >= 0.6 is 12.2 Å². The fourth-order valence-electron chi connectivity index (χ4n) is 3.98. The number of carbonyl (C=O) groups excluding carboxylic acids is 1. The van der Waals surface area contributed by atoms with E-state index in [0.717, 1.165) is 39.0 Å². The van der Waals surface area contributed by atoms with Crippen LogP contribution in [0.4, 0.5) is 5.69 Å². The van der Waals surface area contributed by atoms with Crippen molar-refractivity contribution in [3.63, 3.8) is 0 Å². The van der Waals surface area contributed by atoms with Gasteiger partial charge in [-0.1, -0.05) is 36.4 Å². The summed E-state index contributed by atoms with van der Waals surface area (Å²) in [5.41, 5.74) is 6.98. The lowest BCUT2D eigenvalue weighted by Crippen LogP contribution is -2.34. The first kappa shape index (κ1) is 24.2. The summed E-state index contributed by atoms with van der Waals surface area (Å²) >= 11 is 5.33. The standard InChI is InChI=1S/C30H25N3O3S/c1-19-16-20(2)27-26(17-19)32-29(36-27)23-8-12-24(13-9-23)31-30(37)33-28(34)22-10-14-25(15-11-22)35-18-21-6-4-3-5-7-21/h3-17H,18H2,1-2H3,(H2,31,33,34,37). The van der Waals surface area contributed by atoms with Crippen molar-refractivity contribution in [2.24, 2.45) is 0 Å². The van der Waals surface area contributed by atoms with Crippen LogP contribution in [-0.2, 0) is 6.61 Å². The Bertz CT molecular complexity index is 1560. The Balaban J connectivity index is 1.16. The minimum absolute atomic E-state index is 0.204. The van der Waals surface area contributed by atoms with E-state index in [2.05, 4.69) is 21.7 Å². The number of nitrogens with zero attached hydrogens (tertiary/aromatic N) is 1. The number of hydrogen-bond acceptors (Lipinski definition) is 5. The summed E-state index contributed by atoms with van der Waals surface area (Å²) in [5.74, 6) is 0.939. The number of aryl methyl sites for hydroxylation is 2. The third-order valence-electron chi connectivity index (χ3n) is 5.80. The third kappa shape index (κ3) is 5.85. The van der Waals surface area contributed by atoms with Gasteiger partial charge in [0.25, 0.3) is 5.91 Å². The number of fused-ring (bicyclic) bond motifs is 1. The van der Waals surface area contributed by atoms with E-state index in [9.17, 15) is 4.79 Å². The van der Waals surface area contributed by atoms with Gasteiger partial charge in [0.1, 0.15) is 17.9 Å². The minimum atomic E-state index is -0.305. The number of oxazole rings is 1. The van der Waals surface area contributed by atoms with Crippen LogP contribution in [0.25, 0.3) is 22.6 Å². The van der Waals surface area contributed by atoms with Gasteiger partial charge >= 0.3 is 0 Å². The van der Waals surface area contributed by atoms with E-state index < -0.39 is 0 Å². The highest BCUT2D eigenvalue weighted by Gasteiger charge is 2.12. The molecule has 0 aliphatic carbocycles. The normalized spacial score (nSPS) is 10.8. The molecule has 6 nitrogen and oxygen atoms in total. The molecule has 0 saturated heterocycles. The van der Waals surface area contributed by atoms with Crippen LogP contribution < -0.4 is 15.4 Å². The molecule has 5 rings (SSSR count). The summed E-state index contributed by atoms with van der Waals surface area (Å²) in [4.78, 5) is 17.2. The van der Waals surface area contributed by atoms with Crippen LogP contribution in [0.2, 0.25) is 0 Å². The van der Waals surface area contributed by atoms with Gasteiger partial charge in [-0.15, -0.1) is 0 Å². The lowest BCUT2D eigenvalue weighted by atomic mass is 10.1. The molecule has 0 radical (unpaired) electrons. The second-order valence-corrected chi connectivity index (χ2v) is 9.14. The molecule has 0 fully saturated rings. The van der Waals surface area contributed by atoms with E-state index in [1.54, 1.807) is 24.3 Å². The predicted molar refractivity (Wildman–Crippen MR) is 150 cm³/mol. The van der Waals surface area contributed by atoms with E-state index >= 15 is 0 Å². The van der Waals surface area contributed by atoms with Gasteiger partial charge in [0.15, 0.2) is 10.7 Å². The molecule has 0 spiro atoms. The quantitative estimate of drug-likeness (QED) is 0.246.